The molecule has 2 aromatic carbocycles. The first-order valence-corrected chi connectivity index (χ1v) is 9.38. The summed E-state index contributed by atoms with van der Waals surface area (Å²) in [7, 11) is 0. The molecule has 0 saturated heterocycles. The molecule has 0 aliphatic heterocycles. The summed E-state index contributed by atoms with van der Waals surface area (Å²) in [6, 6.07) is 17.9. The first-order chi connectivity index (χ1) is 13.4. The molecule has 0 aliphatic rings. The standard InChI is InChI=1S/C20H14N4O2S/c1-2-6-13(7-3-1)17-11-22-18(25-17)12-27-20-24-23-19(26-20)15-10-21-16-9-5-4-8-14(15)16/h1-11,21H,12H2. The fourth-order valence-corrected chi connectivity index (χ4v) is 3.48. The molecule has 0 radical (unpaired) electrons. The molecule has 1 N–H and O–H groups in total. The van der Waals surface area contributed by atoms with Crippen LogP contribution in [0.5, 0.6) is 0 Å². The molecule has 5 aromatic rings. The predicted molar refractivity (Wildman–Crippen MR) is 103 cm³/mol. The van der Waals surface area contributed by atoms with Crippen LogP contribution in [0.3, 0.4) is 0 Å². The van der Waals surface area contributed by atoms with Gasteiger partial charge in [0.15, 0.2) is 5.76 Å². The average Bonchev–Trinajstić information content (AvgIpc) is 3.46. The van der Waals surface area contributed by atoms with Crippen molar-refractivity contribution in [2.75, 3.05) is 0 Å². The number of H-pyrrole nitrogens is 1. The van der Waals surface area contributed by atoms with Gasteiger partial charge in [0.1, 0.15) is 0 Å². The highest BCUT2D eigenvalue weighted by atomic mass is 32.2. The van der Waals surface area contributed by atoms with Crippen molar-refractivity contribution in [1.29, 1.82) is 0 Å². The number of benzene rings is 2. The summed E-state index contributed by atoms with van der Waals surface area (Å²) in [5.74, 6) is 2.37. The number of oxazole rings is 1. The largest absolute Gasteiger partial charge is 0.440 e. The van der Waals surface area contributed by atoms with Crippen LogP contribution >= 0.6 is 11.8 Å². The van der Waals surface area contributed by atoms with Crippen LogP contribution in [0, 0.1) is 0 Å². The molecule has 6 nitrogen and oxygen atoms in total. The normalized spacial score (nSPS) is 11.3. The van der Waals surface area contributed by atoms with E-state index in [4.69, 9.17) is 8.83 Å². The highest BCUT2D eigenvalue weighted by Gasteiger charge is 2.14. The van der Waals surface area contributed by atoms with Gasteiger partial charge in [0.2, 0.25) is 5.89 Å². The molecule has 27 heavy (non-hydrogen) atoms. The van der Waals surface area contributed by atoms with Crippen molar-refractivity contribution in [2.45, 2.75) is 11.0 Å². The number of nitrogens with zero attached hydrogens (tertiary/aromatic N) is 3. The summed E-state index contributed by atoms with van der Waals surface area (Å²) in [6.45, 7) is 0. The summed E-state index contributed by atoms with van der Waals surface area (Å²) in [5, 5.41) is 9.82. The fourth-order valence-electron chi connectivity index (χ4n) is 2.86. The van der Waals surface area contributed by atoms with Crippen molar-refractivity contribution in [3.63, 3.8) is 0 Å². The van der Waals surface area contributed by atoms with E-state index in [0.717, 1.165) is 27.8 Å². The zero-order chi connectivity index (χ0) is 18.1. The van der Waals surface area contributed by atoms with E-state index < -0.39 is 0 Å². The number of hydrogen-bond acceptors (Lipinski definition) is 6. The summed E-state index contributed by atoms with van der Waals surface area (Å²) in [4.78, 5) is 7.54. The molecule has 3 heterocycles. The van der Waals surface area contributed by atoms with E-state index in [2.05, 4.69) is 20.2 Å². The van der Waals surface area contributed by atoms with Gasteiger partial charge in [-0.3, -0.25) is 0 Å². The Labute approximate surface area is 158 Å². The van der Waals surface area contributed by atoms with Crippen LogP contribution in [-0.4, -0.2) is 20.2 Å². The summed E-state index contributed by atoms with van der Waals surface area (Å²) >= 11 is 1.40. The van der Waals surface area contributed by atoms with E-state index in [-0.39, 0.29) is 0 Å². The van der Waals surface area contributed by atoms with Gasteiger partial charge in [-0.15, -0.1) is 10.2 Å². The fraction of sp³-hybridized carbons (Fsp3) is 0.0500. The van der Waals surface area contributed by atoms with Gasteiger partial charge < -0.3 is 13.8 Å². The van der Waals surface area contributed by atoms with Crippen LogP contribution in [0.1, 0.15) is 5.89 Å². The molecule has 0 aliphatic carbocycles. The number of thioether (sulfide) groups is 1. The summed E-state index contributed by atoms with van der Waals surface area (Å²) < 4.78 is 11.6. The molecule has 0 bridgehead atoms. The van der Waals surface area contributed by atoms with Crippen LogP contribution in [0.25, 0.3) is 33.7 Å². The lowest BCUT2D eigenvalue weighted by Crippen LogP contribution is -1.79. The van der Waals surface area contributed by atoms with Gasteiger partial charge in [0.05, 0.1) is 17.5 Å². The maximum atomic E-state index is 5.80. The van der Waals surface area contributed by atoms with Gasteiger partial charge in [-0.1, -0.05) is 60.3 Å². The van der Waals surface area contributed by atoms with Gasteiger partial charge >= 0.3 is 0 Å². The van der Waals surface area contributed by atoms with E-state index in [0.29, 0.717) is 22.8 Å². The van der Waals surface area contributed by atoms with Crippen LogP contribution < -0.4 is 0 Å². The molecule has 132 valence electrons. The first kappa shape index (κ1) is 15.9. The van der Waals surface area contributed by atoms with Crippen LogP contribution in [0.4, 0.5) is 0 Å². The quantitative estimate of drug-likeness (QED) is 0.428. The molecule has 0 unspecified atom stereocenters. The van der Waals surface area contributed by atoms with Crippen molar-refractivity contribution < 1.29 is 8.83 Å². The molecular weight excluding hydrogens is 360 g/mol. The van der Waals surface area contributed by atoms with Gasteiger partial charge in [0.25, 0.3) is 11.1 Å². The molecule has 0 amide bonds. The molecule has 0 saturated carbocycles. The van der Waals surface area contributed by atoms with E-state index in [1.54, 1.807) is 6.20 Å². The number of rotatable bonds is 5. The first-order valence-electron chi connectivity index (χ1n) is 8.40. The molecule has 0 spiro atoms. The Bertz CT molecular complexity index is 1190. The Morgan fingerprint density at radius 2 is 1.78 bits per heavy atom. The topological polar surface area (TPSA) is 80.7 Å². The lowest BCUT2D eigenvalue weighted by atomic mass is 10.2. The minimum absolute atomic E-state index is 0.481. The molecule has 0 atom stereocenters. The maximum absolute atomic E-state index is 5.80. The van der Waals surface area contributed by atoms with Crippen molar-refractivity contribution >= 4 is 22.7 Å². The molecule has 3 aromatic heterocycles. The lowest BCUT2D eigenvalue weighted by Gasteiger charge is -1.95. The average molecular weight is 374 g/mol. The Kier molecular flexibility index (Phi) is 3.99. The SMILES string of the molecule is c1ccc(-c2cnc(CSc3nnc(-c4c[nH]c5ccccc45)o3)o2)cc1. The third-order valence-corrected chi connectivity index (χ3v) is 4.96. The molecule has 5 rings (SSSR count). The number of nitrogens with one attached hydrogen (secondary N) is 1. The maximum Gasteiger partial charge on any atom is 0.277 e. The van der Waals surface area contributed by atoms with Crippen LogP contribution in [0.15, 0.2) is 81.0 Å². The van der Waals surface area contributed by atoms with Crippen molar-refractivity contribution in [1.82, 2.24) is 20.2 Å². The summed E-state index contributed by atoms with van der Waals surface area (Å²) in [6.07, 6.45) is 3.61. The van der Waals surface area contributed by atoms with Gasteiger partial charge in [-0.2, -0.15) is 0 Å². The van der Waals surface area contributed by atoms with Crippen LogP contribution in [-0.2, 0) is 5.75 Å². The summed E-state index contributed by atoms with van der Waals surface area (Å²) in [5.41, 5.74) is 2.93. The number of hydrogen-bond donors (Lipinski definition) is 1. The van der Waals surface area contributed by atoms with Crippen molar-refractivity contribution in [3.05, 3.63) is 72.9 Å². The van der Waals surface area contributed by atoms with E-state index in [1.165, 1.54) is 11.8 Å². The third kappa shape index (κ3) is 3.13. The predicted octanol–water partition coefficient (Wildman–Crippen LogP) is 5.17. The van der Waals surface area contributed by atoms with Gasteiger partial charge in [-0.25, -0.2) is 4.98 Å². The van der Waals surface area contributed by atoms with Crippen LogP contribution in [0.2, 0.25) is 0 Å². The zero-order valence-electron chi connectivity index (χ0n) is 14.1. The smallest absolute Gasteiger partial charge is 0.277 e. The second-order valence-electron chi connectivity index (χ2n) is 5.89. The molecular formula is C20H14N4O2S. The monoisotopic (exact) mass is 374 g/mol. The Morgan fingerprint density at radius 1 is 0.926 bits per heavy atom. The zero-order valence-corrected chi connectivity index (χ0v) is 14.9. The minimum Gasteiger partial charge on any atom is -0.440 e. The molecule has 0 fully saturated rings. The second kappa shape index (κ2) is 6.77. The van der Waals surface area contributed by atoms with Crippen molar-refractivity contribution in [3.8, 4) is 22.8 Å². The number of fused-ring (bicyclic) bond motifs is 1. The highest BCUT2D eigenvalue weighted by molar-refractivity contribution is 7.98. The lowest BCUT2D eigenvalue weighted by molar-refractivity contribution is 0.464. The number of para-hydroxylation sites is 1. The third-order valence-electron chi connectivity index (χ3n) is 4.16. The number of aromatic amines is 1. The number of aromatic nitrogens is 4. The van der Waals surface area contributed by atoms with Gasteiger partial charge in [-0.05, 0) is 6.07 Å². The second-order valence-corrected chi connectivity index (χ2v) is 6.82. The van der Waals surface area contributed by atoms with Gasteiger partial charge in [0, 0.05) is 22.7 Å². The van der Waals surface area contributed by atoms with Crippen molar-refractivity contribution in [2.24, 2.45) is 0 Å². The Hall–Kier alpha value is -3.32. The Balaban J connectivity index is 1.31. The Morgan fingerprint density at radius 3 is 2.70 bits per heavy atom. The molecule has 7 heteroatoms. The highest BCUT2D eigenvalue weighted by Crippen LogP contribution is 2.30. The minimum atomic E-state index is 0.481. The van der Waals surface area contributed by atoms with E-state index in [1.807, 2.05) is 60.8 Å². The van der Waals surface area contributed by atoms with E-state index >= 15 is 0 Å². The van der Waals surface area contributed by atoms with E-state index in [9.17, 15) is 0 Å².